The predicted octanol–water partition coefficient (Wildman–Crippen LogP) is 4.84. The Kier molecular flexibility index (Phi) is 8.92. The smallest absolute Gasteiger partial charge is 0.226 e. The molecular formula is C28H39N3O5S. The molecular weight excluding hydrogens is 490 g/mol. The molecule has 0 fully saturated rings. The van der Waals surface area contributed by atoms with Crippen LogP contribution < -0.4 is 4.74 Å². The summed E-state index contributed by atoms with van der Waals surface area (Å²) in [6, 6.07) is 8.81. The van der Waals surface area contributed by atoms with Crippen LogP contribution in [0.5, 0.6) is 5.75 Å². The molecule has 1 amide bonds. The molecule has 4 rings (SSSR count). The molecule has 3 N–H and O–H groups in total. The van der Waals surface area contributed by atoms with Gasteiger partial charge in [0.2, 0.25) is 5.91 Å². The zero-order valence-corrected chi connectivity index (χ0v) is 22.7. The number of likely N-dealkylation sites (N-methyl/N-ethyl adjacent to an activating group) is 1. The first-order chi connectivity index (χ1) is 17.7. The van der Waals surface area contributed by atoms with Crippen molar-refractivity contribution in [3.05, 3.63) is 59.9 Å². The first-order valence-electron chi connectivity index (χ1n) is 13.0. The number of aliphatic hydroxyl groups excluding tert-OH is 1. The lowest BCUT2D eigenvalue weighted by atomic mass is 9.93. The van der Waals surface area contributed by atoms with Gasteiger partial charge in [-0.2, -0.15) is 4.31 Å². The highest BCUT2D eigenvalue weighted by atomic mass is 32.3. The van der Waals surface area contributed by atoms with Crippen molar-refractivity contribution in [2.45, 2.75) is 63.0 Å². The van der Waals surface area contributed by atoms with Gasteiger partial charge in [0.25, 0.3) is 0 Å². The monoisotopic (exact) mass is 529 g/mol. The maximum absolute atomic E-state index is 13.0. The first-order valence-corrected chi connectivity index (χ1v) is 14.5. The number of carbonyl (C=O) groups excluding carboxylic acids is 1. The lowest BCUT2D eigenvalue weighted by Crippen LogP contribution is -2.48. The van der Waals surface area contributed by atoms with Crippen molar-refractivity contribution in [3.63, 3.8) is 0 Å². The number of fused-ring (bicyclic) bond motifs is 1. The van der Waals surface area contributed by atoms with E-state index in [9.17, 15) is 19.0 Å². The highest BCUT2D eigenvalue weighted by Crippen LogP contribution is 2.58. The highest BCUT2D eigenvalue weighted by Gasteiger charge is 2.38. The maximum Gasteiger partial charge on any atom is 0.226 e. The first kappa shape index (κ1) is 27.6. The largest absolute Gasteiger partial charge is 0.486 e. The van der Waals surface area contributed by atoms with Crippen LogP contribution >= 0.6 is 10.8 Å². The molecule has 1 aliphatic heterocycles. The summed E-state index contributed by atoms with van der Waals surface area (Å²) in [5.74, 6) is 0.223. The standard InChI is InChI=1S/C28H39N3O5S/c1-20-17-31(21(2)19-32)37(34,35)27-12-11-24(23-9-5-4-6-10-23)15-25(27)36-26(20)18-30(3)28(33)14-22-8-7-13-29-16-22/h7-9,11-13,15-16,20-21,26,32,34-35H,4-6,10,14,17-19H2,1-3H3/t20-,21?,26+/m1/s1. The third-order valence-corrected chi connectivity index (χ3v) is 9.41. The van der Waals surface area contributed by atoms with Crippen molar-refractivity contribution in [2.75, 3.05) is 26.7 Å². The molecule has 202 valence electrons. The Hall–Kier alpha value is -2.43. The molecule has 1 unspecified atom stereocenters. The van der Waals surface area contributed by atoms with Crippen molar-refractivity contribution < 1.29 is 23.7 Å². The summed E-state index contributed by atoms with van der Waals surface area (Å²) < 4.78 is 31.0. The number of allylic oxidation sites excluding steroid dienone is 2. The highest BCUT2D eigenvalue weighted by molar-refractivity contribution is 8.22. The van der Waals surface area contributed by atoms with E-state index in [4.69, 9.17) is 4.74 Å². The van der Waals surface area contributed by atoms with Crippen LogP contribution in [0.25, 0.3) is 5.57 Å². The van der Waals surface area contributed by atoms with E-state index in [1.54, 1.807) is 41.6 Å². The van der Waals surface area contributed by atoms with E-state index in [1.807, 2.05) is 31.2 Å². The molecule has 0 radical (unpaired) electrons. The Morgan fingerprint density at radius 3 is 2.78 bits per heavy atom. The molecule has 2 aliphatic rings. The van der Waals surface area contributed by atoms with Crippen LogP contribution in [-0.4, -0.2) is 73.2 Å². The second kappa shape index (κ2) is 12.0. The van der Waals surface area contributed by atoms with Gasteiger partial charge in [-0.05, 0) is 67.5 Å². The van der Waals surface area contributed by atoms with Gasteiger partial charge in [0.05, 0.1) is 19.6 Å². The average Bonchev–Trinajstić information content (AvgIpc) is 2.91. The fourth-order valence-electron chi connectivity index (χ4n) is 4.96. The molecule has 37 heavy (non-hydrogen) atoms. The van der Waals surface area contributed by atoms with Crippen LogP contribution in [0.1, 0.15) is 50.7 Å². The van der Waals surface area contributed by atoms with E-state index in [0.29, 0.717) is 23.7 Å². The number of pyridine rings is 1. The molecule has 1 aromatic heterocycles. The Morgan fingerprint density at radius 1 is 1.30 bits per heavy atom. The Morgan fingerprint density at radius 2 is 2.11 bits per heavy atom. The molecule has 0 spiro atoms. The number of ether oxygens (including phenoxy) is 1. The lowest BCUT2D eigenvalue weighted by molar-refractivity contribution is -0.130. The maximum atomic E-state index is 13.0. The van der Waals surface area contributed by atoms with Crippen molar-refractivity contribution >= 4 is 22.3 Å². The van der Waals surface area contributed by atoms with Crippen molar-refractivity contribution in [2.24, 2.45) is 5.92 Å². The van der Waals surface area contributed by atoms with Crippen molar-refractivity contribution in [1.29, 1.82) is 0 Å². The van der Waals surface area contributed by atoms with Crippen LogP contribution in [0, 0.1) is 5.92 Å². The quantitative estimate of drug-likeness (QED) is 0.471. The van der Waals surface area contributed by atoms with Gasteiger partial charge in [0.1, 0.15) is 16.7 Å². The third kappa shape index (κ3) is 6.35. The Bertz CT molecular complexity index is 1110. The lowest BCUT2D eigenvalue weighted by Gasteiger charge is -2.49. The second-order valence-electron chi connectivity index (χ2n) is 10.2. The van der Waals surface area contributed by atoms with Gasteiger partial charge >= 0.3 is 0 Å². The van der Waals surface area contributed by atoms with Gasteiger partial charge in [-0.1, -0.05) is 25.1 Å². The molecule has 9 heteroatoms. The minimum Gasteiger partial charge on any atom is -0.486 e. The van der Waals surface area contributed by atoms with Crippen LogP contribution in [0.2, 0.25) is 0 Å². The van der Waals surface area contributed by atoms with Gasteiger partial charge in [-0.25, -0.2) is 0 Å². The van der Waals surface area contributed by atoms with E-state index < -0.39 is 16.8 Å². The molecule has 2 heterocycles. The SMILES string of the molecule is CC(CO)N1C[C@@H](C)[C@H](CN(C)C(=O)Cc2cccnc2)Oc2cc(C3=CCCCC3)ccc2S1(O)O. The molecule has 8 nitrogen and oxygen atoms in total. The summed E-state index contributed by atoms with van der Waals surface area (Å²) in [5.41, 5.74) is 3.10. The van der Waals surface area contributed by atoms with Crippen LogP contribution in [0.15, 0.2) is 53.7 Å². The second-order valence-corrected chi connectivity index (χ2v) is 12.2. The molecule has 1 aromatic carbocycles. The molecule has 1 aliphatic carbocycles. The summed E-state index contributed by atoms with van der Waals surface area (Å²) in [4.78, 5) is 19.1. The number of amides is 1. The molecule has 2 aromatic rings. The fraction of sp³-hybridized carbons (Fsp3) is 0.500. The predicted molar refractivity (Wildman–Crippen MR) is 146 cm³/mol. The van der Waals surface area contributed by atoms with E-state index in [-0.39, 0.29) is 31.0 Å². The number of aliphatic hydroxyl groups is 1. The summed E-state index contributed by atoms with van der Waals surface area (Å²) >= 11 is 0. The Labute approximate surface area is 221 Å². The molecule has 0 saturated carbocycles. The number of carbonyl (C=O) groups is 1. The minimum absolute atomic E-state index is 0.0444. The number of rotatable bonds is 7. The topological polar surface area (TPSA) is 106 Å². The van der Waals surface area contributed by atoms with E-state index in [0.717, 1.165) is 30.4 Å². The van der Waals surface area contributed by atoms with Gasteiger partial charge in [0, 0.05) is 37.9 Å². The molecule has 0 bridgehead atoms. The van der Waals surface area contributed by atoms with Crippen molar-refractivity contribution in [1.82, 2.24) is 14.2 Å². The Balaban J connectivity index is 1.65. The van der Waals surface area contributed by atoms with Gasteiger partial charge < -0.3 is 14.7 Å². The van der Waals surface area contributed by atoms with Crippen LogP contribution in [-0.2, 0) is 11.2 Å². The van der Waals surface area contributed by atoms with Crippen molar-refractivity contribution in [3.8, 4) is 5.75 Å². The minimum atomic E-state index is -3.40. The summed E-state index contributed by atoms with van der Waals surface area (Å²) in [5, 5.41) is 9.91. The summed E-state index contributed by atoms with van der Waals surface area (Å²) in [6.45, 7) is 4.19. The molecule has 3 atom stereocenters. The van der Waals surface area contributed by atoms with E-state index >= 15 is 0 Å². The van der Waals surface area contributed by atoms with E-state index in [2.05, 4.69) is 11.1 Å². The van der Waals surface area contributed by atoms with Gasteiger partial charge in [0.15, 0.2) is 0 Å². The third-order valence-electron chi connectivity index (χ3n) is 7.32. The van der Waals surface area contributed by atoms with Crippen LogP contribution in [0.3, 0.4) is 0 Å². The normalized spacial score (nSPS) is 23.5. The number of aromatic nitrogens is 1. The number of hydrogen-bond acceptors (Lipinski definition) is 7. The molecule has 0 saturated heterocycles. The number of nitrogens with zero attached hydrogens (tertiary/aromatic N) is 3. The fourth-order valence-corrected chi connectivity index (χ4v) is 6.85. The summed E-state index contributed by atoms with van der Waals surface area (Å²) in [7, 11) is -1.64. The van der Waals surface area contributed by atoms with E-state index in [1.165, 1.54) is 12.0 Å². The zero-order chi connectivity index (χ0) is 26.6. The average molecular weight is 530 g/mol. The summed E-state index contributed by atoms with van der Waals surface area (Å²) in [6.07, 6.45) is 9.80. The number of benzene rings is 1. The zero-order valence-electron chi connectivity index (χ0n) is 21.9. The van der Waals surface area contributed by atoms with Crippen LogP contribution in [0.4, 0.5) is 0 Å². The van der Waals surface area contributed by atoms with Gasteiger partial charge in [-0.3, -0.25) is 18.9 Å². The number of hydrogen-bond donors (Lipinski definition) is 3. The van der Waals surface area contributed by atoms with Gasteiger partial charge in [-0.15, -0.1) is 10.8 Å².